The fourth-order valence-electron chi connectivity index (χ4n) is 4.40. The van der Waals surface area contributed by atoms with Gasteiger partial charge in [0.2, 0.25) is 0 Å². The molecule has 0 spiro atoms. The lowest BCUT2D eigenvalue weighted by atomic mass is 9.62. The molecule has 0 heteroatoms. The molecule has 0 bridgehead atoms. The standard InChI is InChI=1S/C17H32.C4H8.CH4/c1-13(2)17(3,4)16-11-9-15(10-12-16)14-7-5-6-8-14;1-4-2-3-4;/h13-16H,5-12H2,1-4H3;4H,2-3H2,1H3;1H4. The molecule has 0 radical (unpaired) electrons. The first-order chi connectivity index (χ1) is 9.91. The van der Waals surface area contributed by atoms with E-state index >= 15 is 0 Å². The minimum atomic E-state index is 0. The Morgan fingerprint density at radius 2 is 1.14 bits per heavy atom. The van der Waals surface area contributed by atoms with Crippen LogP contribution in [0, 0.1) is 35.0 Å². The molecule has 3 aliphatic rings. The first-order valence-corrected chi connectivity index (χ1v) is 9.91. The van der Waals surface area contributed by atoms with E-state index < -0.39 is 0 Å². The van der Waals surface area contributed by atoms with Crippen LogP contribution in [0.25, 0.3) is 0 Å². The molecule has 3 fully saturated rings. The summed E-state index contributed by atoms with van der Waals surface area (Å²) in [7, 11) is 0. The van der Waals surface area contributed by atoms with Gasteiger partial charge in [0.25, 0.3) is 0 Å². The normalized spacial score (nSPS) is 29.7. The van der Waals surface area contributed by atoms with Crippen LogP contribution in [0.2, 0.25) is 0 Å². The summed E-state index contributed by atoms with van der Waals surface area (Å²) in [4.78, 5) is 0. The van der Waals surface area contributed by atoms with Gasteiger partial charge in [-0.3, -0.25) is 0 Å². The maximum atomic E-state index is 2.50. The van der Waals surface area contributed by atoms with Crippen LogP contribution < -0.4 is 0 Å². The molecule has 0 aromatic heterocycles. The molecular weight excluding hydrogens is 264 g/mol. The highest BCUT2D eigenvalue weighted by atomic mass is 14.4. The van der Waals surface area contributed by atoms with Crippen molar-refractivity contribution in [3.05, 3.63) is 0 Å². The van der Waals surface area contributed by atoms with Crippen molar-refractivity contribution < 1.29 is 0 Å². The second-order valence-electron chi connectivity index (χ2n) is 9.31. The Morgan fingerprint density at radius 1 is 0.727 bits per heavy atom. The molecule has 0 saturated heterocycles. The van der Waals surface area contributed by atoms with Gasteiger partial charge < -0.3 is 0 Å². The van der Waals surface area contributed by atoms with E-state index in [9.17, 15) is 0 Å². The highest BCUT2D eigenvalue weighted by Crippen LogP contribution is 2.47. The Morgan fingerprint density at radius 3 is 1.50 bits per heavy atom. The molecule has 0 atom stereocenters. The van der Waals surface area contributed by atoms with Gasteiger partial charge in [-0.1, -0.05) is 80.6 Å². The molecule has 22 heavy (non-hydrogen) atoms. The minimum absolute atomic E-state index is 0. The molecule has 0 unspecified atom stereocenters. The Kier molecular flexibility index (Phi) is 7.96. The van der Waals surface area contributed by atoms with Crippen LogP contribution in [-0.4, -0.2) is 0 Å². The van der Waals surface area contributed by atoms with Gasteiger partial charge >= 0.3 is 0 Å². The van der Waals surface area contributed by atoms with Crippen molar-refractivity contribution in [3.8, 4) is 0 Å². The summed E-state index contributed by atoms with van der Waals surface area (Å²) in [5.41, 5.74) is 0.556. The third kappa shape index (κ3) is 5.57. The molecule has 3 saturated carbocycles. The fourth-order valence-corrected chi connectivity index (χ4v) is 4.40. The lowest BCUT2D eigenvalue weighted by molar-refractivity contribution is 0.0728. The topological polar surface area (TPSA) is 0 Å². The molecule has 132 valence electrons. The van der Waals surface area contributed by atoms with Crippen LogP contribution in [0.3, 0.4) is 0 Å². The van der Waals surface area contributed by atoms with E-state index in [1.165, 1.54) is 51.4 Å². The third-order valence-electron chi connectivity index (χ3n) is 7.24. The summed E-state index contributed by atoms with van der Waals surface area (Å²) in [6.45, 7) is 12.1. The highest BCUT2D eigenvalue weighted by Gasteiger charge is 2.37. The van der Waals surface area contributed by atoms with Crippen molar-refractivity contribution in [2.24, 2.45) is 35.0 Å². The molecule has 0 nitrogen and oxygen atoms in total. The Labute approximate surface area is 141 Å². The second-order valence-corrected chi connectivity index (χ2v) is 9.31. The third-order valence-corrected chi connectivity index (χ3v) is 7.24. The number of hydrogen-bond acceptors (Lipinski definition) is 0. The largest absolute Gasteiger partial charge is 0.0776 e. The van der Waals surface area contributed by atoms with Crippen molar-refractivity contribution in [1.82, 2.24) is 0 Å². The summed E-state index contributed by atoms with van der Waals surface area (Å²) in [5, 5.41) is 0. The van der Waals surface area contributed by atoms with E-state index in [4.69, 9.17) is 0 Å². The summed E-state index contributed by atoms with van der Waals surface area (Å²) < 4.78 is 0. The molecule has 0 aliphatic heterocycles. The van der Waals surface area contributed by atoms with Gasteiger partial charge in [0, 0.05) is 0 Å². The first kappa shape index (κ1) is 20.0. The van der Waals surface area contributed by atoms with Gasteiger partial charge in [-0.05, 0) is 60.7 Å². The summed E-state index contributed by atoms with van der Waals surface area (Å²) in [6.07, 6.45) is 15.2. The number of rotatable bonds is 3. The van der Waals surface area contributed by atoms with E-state index in [0.29, 0.717) is 5.41 Å². The molecule has 0 aromatic rings. The number of hydrogen-bond donors (Lipinski definition) is 0. The zero-order chi connectivity index (χ0) is 15.5. The SMILES string of the molecule is C.CC(C)C(C)(C)C1CCC(C2CCCC2)CC1.CC1CC1. The van der Waals surface area contributed by atoms with Crippen LogP contribution in [0.1, 0.15) is 106 Å². The van der Waals surface area contributed by atoms with E-state index in [1.807, 2.05) is 0 Å². The van der Waals surface area contributed by atoms with Crippen molar-refractivity contribution in [1.29, 1.82) is 0 Å². The molecule has 0 amide bonds. The van der Waals surface area contributed by atoms with Crippen LogP contribution in [0.5, 0.6) is 0 Å². The minimum Gasteiger partial charge on any atom is -0.0776 e. The van der Waals surface area contributed by atoms with E-state index in [0.717, 1.165) is 29.6 Å². The van der Waals surface area contributed by atoms with Crippen molar-refractivity contribution >= 4 is 0 Å². The monoisotopic (exact) mass is 308 g/mol. The predicted octanol–water partition coefficient (Wildman–Crippen LogP) is 7.72. The van der Waals surface area contributed by atoms with E-state index in [-0.39, 0.29) is 7.43 Å². The fraction of sp³-hybridized carbons (Fsp3) is 1.00. The lowest BCUT2D eigenvalue weighted by Crippen LogP contribution is -2.33. The molecule has 3 rings (SSSR count). The van der Waals surface area contributed by atoms with Crippen molar-refractivity contribution in [3.63, 3.8) is 0 Å². The Bertz CT molecular complexity index is 283. The van der Waals surface area contributed by atoms with Gasteiger partial charge in [-0.2, -0.15) is 0 Å². The Balaban J connectivity index is 0.000000420. The van der Waals surface area contributed by atoms with E-state index in [2.05, 4.69) is 34.6 Å². The van der Waals surface area contributed by atoms with Crippen LogP contribution in [-0.2, 0) is 0 Å². The average molecular weight is 309 g/mol. The summed E-state index contributed by atoms with van der Waals surface area (Å²) >= 11 is 0. The van der Waals surface area contributed by atoms with Gasteiger partial charge in [0.15, 0.2) is 0 Å². The molecular formula is C22H44. The molecule has 0 N–H and O–H groups in total. The van der Waals surface area contributed by atoms with Crippen molar-refractivity contribution in [2.45, 2.75) is 106 Å². The molecule has 0 heterocycles. The van der Waals surface area contributed by atoms with Gasteiger partial charge in [0.1, 0.15) is 0 Å². The highest BCUT2D eigenvalue weighted by molar-refractivity contribution is 4.87. The Hall–Kier alpha value is 0. The maximum absolute atomic E-state index is 2.50. The predicted molar refractivity (Wildman–Crippen MR) is 101 cm³/mol. The van der Waals surface area contributed by atoms with Gasteiger partial charge in [-0.15, -0.1) is 0 Å². The second kappa shape index (κ2) is 8.74. The van der Waals surface area contributed by atoms with Crippen LogP contribution in [0.15, 0.2) is 0 Å². The zero-order valence-electron chi connectivity index (χ0n) is 15.5. The van der Waals surface area contributed by atoms with Gasteiger partial charge in [0.05, 0.1) is 0 Å². The summed E-state index contributed by atoms with van der Waals surface area (Å²) in [6, 6.07) is 0. The quantitative estimate of drug-likeness (QED) is 0.500. The van der Waals surface area contributed by atoms with Crippen LogP contribution >= 0.6 is 0 Å². The summed E-state index contributed by atoms with van der Waals surface area (Å²) in [5.74, 6) is 5.10. The zero-order valence-corrected chi connectivity index (χ0v) is 15.5. The average Bonchev–Trinajstić information content (AvgIpc) is 3.07. The van der Waals surface area contributed by atoms with Gasteiger partial charge in [-0.25, -0.2) is 0 Å². The first-order valence-electron chi connectivity index (χ1n) is 9.91. The van der Waals surface area contributed by atoms with Crippen molar-refractivity contribution in [2.75, 3.05) is 0 Å². The molecule has 3 aliphatic carbocycles. The maximum Gasteiger partial charge on any atom is -0.0303 e. The smallest absolute Gasteiger partial charge is 0.0303 e. The van der Waals surface area contributed by atoms with Crippen LogP contribution in [0.4, 0.5) is 0 Å². The van der Waals surface area contributed by atoms with E-state index in [1.54, 1.807) is 12.8 Å². The lowest BCUT2D eigenvalue weighted by Gasteiger charge is -2.43. The molecule has 0 aromatic carbocycles.